The van der Waals surface area contributed by atoms with Gasteiger partial charge in [0, 0.05) is 17.1 Å². The predicted molar refractivity (Wildman–Crippen MR) is 114 cm³/mol. The molecule has 0 radical (unpaired) electrons. The molecule has 1 aromatic rings. The zero-order valence-corrected chi connectivity index (χ0v) is 18.0. The number of nitrogens with one attached hydrogen (secondary N) is 3. The molecule has 1 heterocycles. The lowest BCUT2D eigenvalue weighted by Crippen LogP contribution is -2.52. The molecule has 0 aliphatic carbocycles. The molecule has 9 heteroatoms. The van der Waals surface area contributed by atoms with Gasteiger partial charge in [-0.05, 0) is 38.8 Å². The third-order valence-corrected chi connectivity index (χ3v) is 5.17. The second-order valence-corrected chi connectivity index (χ2v) is 7.44. The highest BCUT2D eigenvalue weighted by Crippen LogP contribution is 2.24. The van der Waals surface area contributed by atoms with Crippen LogP contribution in [0.15, 0.2) is 40.4 Å². The van der Waals surface area contributed by atoms with E-state index >= 15 is 0 Å². The molecule has 0 saturated heterocycles. The Morgan fingerprint density at radius 2 is 2.00 bits per heavy atom. The van der Waals surface area contributed by atoms with E-state index in [9.17, 15) is 14.4 Å². The number of esters is 1. The quantitative estimate of drug-likeness (QED) is 0.418. The van der Waals surface area contributed by atoms with Gasteiger partial charge < -0.3 is 20.7 Å². The maximum absolute atomic E-state index is 12.5. The van der Waals surface area contributed by atoms with Crippen molar-refractivity contribution in [1.29, 1.82) is 0 Å². The first kappa shape index (κ1) is 22.8. The number of hydrogen-bond acceptors (Lipinski definition) is 6. The summed E-state index contributed by atoms with van der Waals surface area (Å²) in [5, 5.41) is 8.33. The number of urea groups is 1. The lowest BCUT2D eigenvalue weighted by Gasteiger charge is -2.30. The molecule has 0 aromatic heterocycles. The number of likely N-dealkylation sites (N-methyl/N-ethyl adjacent to an activating group) is 1. The summed E-state index contributed by atoms with van der Waals surface area (Å²) < 4.78 is 5.16. The highest BCUT2D eigenvalue weighted by molar-refractivity contribution is 7.98. The van der Waals surface area contributed by atoms with Crippen molar-refractivity contribution in [3.63, 3.8) is 0 Å². The van der Waals surface area contributed by atoms with E-state index in [0.717, 1.165) is 10.6 Å². The summed E-state index contributed by atoms with van der Waals surface area (Å²) in [5.41, 5.74) is 1.61. The molecular formula is C20H28N4O4S. The summed E-state index contributed by atoms with van der Waals surface area (Å²) in [6.45, 7) is 4.19. The maximum atomic E-state index is 12.5. The first-order valence-corrected chi connectivity index (χ1v) is 10.7. The van der Waals surface area contributed by atoms with Crippen LogP contribution in [0.5, 0.6) is 0 Å². The van der Waals surface area contributed by atoms with Crippen molar-refractivity contribution in [2.75, 3.05) is 38.3 Å². The third-order valence-electron chi connectivity index (χ3n) is 4.37. The van der Waals surface area contributed by atoms with Crippen LogP contribution in [-0.4, -0.2) is 61.8 Å². The van der Waals surface area contributed by atoms with E-state index in [-0.39, 0.29) is 31.6 Å². The van der Waals surface area contributed by atoms with Gasteiger partial charge in [-0.1, -0.05) is 19.1 Å². The van der Waals surface area contributed by atoms with E-state index in [0.29, 0.717) is 17.7 Å². The van der Waals surface area contributed by atoms with Gasteiger partial charge in [0.05, 0.1) is 30.5 Å². The van der Waals surface area contributed by atoms with Gasteiger partial charge in [-0.3, -0.25) is 9.69 Å². The minimum Gasteiger partial charge on any atom is -0.463 e. The van der Waals surface area contributed by atoms with Crippen molar-refractivity contribution in [2.24, 2.45) is 0 Å². The van der Waals surface area contributed by atoms with Crippen LogP contribution < -0.4 is 16.0 Å². The fourth-order valence-electron chi connectivity index (χ4n) is 3.09. The topological polar surface area (TPSA) is 99.8 Å². The lowest BCUT2D eigenvalue weighted by atomic mass is 10.00. The Morgan fingerprint density at radius 1 is 1.28 bits per heavy atom. The van der Waals surface area contributed by atoms with E-state index in [1.807, 2.05) is 37.4 Å². The van der Waals surface area contributed by atoms with Crippen LogP contribution >= 0.6 is 11.8 Å². The lowest BCUT2D eigenvalue weighted by molar-refractivity contribution is -0.139. The fourth-order valence-corrected chi connectivity index (χ4v) is 3.65. The number of thioether (sulfide) groups is 1. The zero-order chi connectivity index (χ0) is 21.4. The molecule has 1 aliphatic heterocycles. The van der Waals surface area contributed by atoms with E-state index in [2.05, 4.69) is 16.0 Å². The van der Waals surface area contributed by atoms with Crippen LogP contribution in [0.2, 0.25) is 0 Å². The average Bonchev–Trinajstić information content (AvgIpc) is 2.67. The molecule has 1 aliphatic rings. The summed E-state index contributed by atoms with van der Waals surface area (Å²) in [6.07, 6.45) is 2.51. The summed E-state index contributed by atoms with van der Waals surface area (Å²) >= 11 is 1.55. The zero-order valence-electron chi connectivity index (χ0n) is 17.2. The largest absolute Gasteiger partial charge is 0.463 e. The van der Waals surface area contributed by atoms with Crippen LogP contribution in [0.25, 0.3) is 0 Å². The Labute approximate surface area is 175 Å². The van der Waals surface area contributed by atoms with Crippen molar-refractivity contribution in [2.45, 2.75) is 31.2 Å². The number of anilines is 1. The van der Waals surface area contributed by atoms with Crippen LogP contribution in [0.1, 0.15) is 20.3 Å². The highest BCUT2D eigenvalue weighted by Gasteiger charge is 2.31. The van der Waals surface area contributed by atoms with Crippen molar-refractivity contribution in [3.05, 3.63) is 35.5 Å². The molecule has 0 spiro atoms. The summed E-state index contributed by atoms with van der Waals surface area (Å²) in [7, 11) is 1.75. The van der Waals surface area contributed by atoms with Crippen molar-refractivity contribution in [3.8, 4) is 0 Å². The number of benzene rings is 1. The second-order valence-electron chi connectivity index (χ2n) is 6.59. The standard InChI is InChI=1S/C20H28N4O4S/c1-5-13-18(19(26)28-6-2)15(23-20(27)22-13)11-24(3)12-17(25)21-14-9-7-8-10-16(14)29-4/h7-10,13H,5-6,11-12H2,1-4H3,(H,21,25)(H2,22,23,27)/t13-/m0/s1. The molecule has 158 valence electrons. The Kier molecular flexibility index (Phi) is 8.53. The van der Waals surface area contributed by atoms with Gasteiger partial charge in [0.2, 0.25) is 5.91 Å². The number of rotatable bonds is 9. The normalized spacial score (nSPS) is 16.3. The van der Waals surface area contributed by atoms with E-state index in [1.54, 1.807) is 30.6 Å². The molecule has 0 bridgehead atoms. The van der Waals surface area contributed by atoms with Gasteiger partial charge in [0.25, 0.3) is 0 Å². The Balaban J connectivity index is 2.11. The molecule has 0 fully saturated rings. The molecule has 3 N–H and O–H groups in total. The molecule has 8 nitrogen and oxygen atoms in total. The minimum atomic E-state index is -0.464. The molecule has 0 saturated carbocycles. The first-order valence-electron chi connectivity index (χ1n) is 9.48. The van der Waals surface area contributed by atoms with Crippen molar-refractivity contribution < 1.29 is 19.1 Å². The third kappa shape index (κ3) is 6.23. The van der Waals surface area contributed by atoms with E-state index < -0.39 is 12.0 Å². The van der Waals surface area contributed by atoms with Crippen LogP contribution in [-0.2, 0) is 14.3 Å². The number of nitrogens with zero attached hydrogens (tertiary/aromatic N) is 1. The molecule has 1 atom stereocenters. The molecular weight excluding hydrogens is 392 g/mol. The number of carbonyl (C=O) groups excluding carboxylic acids is 3. The van der Waals surface area contributed by atoms with Gasteiger partial charge in [0.15, 0.2) is 0 Å². The van der Waals surface area contributed by atoms with Crippen molar-refractivity contribution >= 4 is 35.4 Å². The minimum absolute atomic E-state index is 0.0996. The van der Waals surface area contributed by atoms with E-state index in [1.165, 1.54) is 0 Å². The molecule has 0 unspecified atom stereocenters. The average molecular weight is 421 g/mol. The number of ether oxygens (including phenoxy) is 1. The van der Waals surface area contributed by atoms with Crippen LogP contribution in [0, 0.1) is 0 Å². The Morgan fingerprint density at radius 3 is 2.66 bits per heavy atom. The molecule has 3 amide bonds. The van der Waals surface area contributed by atoms with Gasteiger partial charge in [-0.25, -0.2) is 9.59 Å². The highest BCUT2D eigenvalue weighted by atomic mass is 32.2. The summed E-state index contributed by atoms with van der Waals surface area (Å²) in [5.74, 6) is -0.645. The van der Waals surface area contributed by atoms with Crippen LogP contribution in [0.4, 0.5) is 10.5 Å². The van der Waals surface area contributed by atoms with Gasteiger partial charge in [-0.2, -0.15) is 0 Å². The first-order chi connectivity index (χ1) is 13.9. The SMILES string of the molecule is CCOC(=O)C1=C(CN(C)CC(=O)Nc2ccccc2SC)NC(=O)N[C@H]1CC. The molecule has 29 heavy (non-hydrogen) atoms. The van der Waals surface area contributed by atoms with Gasteiger partial charge in [-0.15, -0.1) is 11.8 Å². The van der Waals surface area contributed by atoms with Gasteiger partial charge >= 0.3 is 12.0 Å². The summed E-state index contributed by atoms with van der Waals surface area (Å²) in [6, 6.07) is 6.78. The molecule has 1 aromatic carbocycles. The van der Waals surface area contributed by atoms with Gasteiger partial charge in [0.1, 0.15) is 0 Å². The van der Waals surface area contributed by atoms with Crippen molar-refractivity contribution in [1.82, 2.24) is 15.5 Å². The number of carbonyl (C=O) groups is 3. The maximum Gasteiger partial charge on any atom is 0.337 e. The predicted octanol–water partition coefficient (Wildman–Crippen LogP) is 2.19. The second kappa shape index (κ2) is 10.9. The smallest absolute Gasteiger partial charge is 0.337 e. The van der Waals surface area contributed by atoms with E-state index in [4.69, 9.17) is 4.74 Å². The number of hydrogen-bond donors (Lipinski definition) is 3. The Hall–Kier alpha value is -2.52. The number of amides is 3. The molecule has 2 rings (SSSR count). The number of para-hydroxylation sites is 1. The fraction of sp³-hybridized carbons (Fsp3) is 0.450. The summed E-state index contributed by atoms with van der Waals surface area (Å²) in [4.78, 5) is 39.6. The van der Waals surface area contributed by atoms with Crippen LogP contribution in [0.3, 0.4) is 0 Å². The Bertz CT molecular complexity index is 796. The monoisotopic (exact) mass is 420 g/mol.